The molecule has 34 heavy (non-hydrogen) atoms. The molecule has 1 aliphatic rings. The summed E-state index contributed by atoms with van der Waals surface area (Å²) in [5.41, 5.74) is 0.591. The predicted molar refractivity (Wildman–Crippen MR) is 129 cm³/mol. The van der Waals surface area contributed by atoms with Crippen molar-refractivity contribution in [2.45, 2.75) is 43.2 Å². The Hall–Kier alpha value is -2.98. The summed E-state index contributed by atoms with van der Waals surface area (Å²) in [7, 11) is -1.85. The van der Waals surface area contributed by atoms with Crippen molar-refractivity contribution in [3.8, 4) is 5.88 Å². The third kappa shape index (κ3) is 4.39. The van der Waals surface area contributed by atoms with Crippen molar-refractivity contribution in [2.75, 3.05) is 6.61 Å². The number of fused-ring (bicyclic) bond motifs is 1. The molecule has 2 aromatic heterocycles. The van der Waals surface area contributed by atoms with E-state index in [-0.39, 0.29) is 24.6 Å². The minimum absolute atomic E-state index is 0.0513. The maximum absolute atomic E-state index is 13.0. The van der Waals surface area contributed by atoms with Crippen molar-refractivity contribution in [3.05, 3.63) is 63.0 Å². The molecule has 0 saturated heterocycles. The molecule has 3 aromatic rings. The van der Waals surface area contributed by atoms with Gasteiger partial charge in [-0.3, -0.25) is 9.59 Å². The highest BCUT2D eigenvalue weighted by Gasteiger charge is 2.56. The van der Waals surface area contributed by atoms with E-state index >= 15 is 0 Å². The van der Waals surface area contributed by atoms with Crippen LogP contribution in [-0.2, 0) is 23.4 Å². The summed E-state index contributed by atoms with van der Waals surface area (Å²) >= 11 is 5.88. The lowest BCUT2D eigenvalue weighted by atomic mass is 10.1. The first kappa shape index (κ1) is 24.2. The first-order chi connectivity index (χ1) is 16.1. The number of nitrogens with one attached hydrogen (secondary N) is 1. The summed E-state index contributed by atoms with van der Waals surface area (Å²) in [6.45, 7) is 3.46. The molecule has 0 unspecified atom stereocenters. The molecule has 0 spiro atoms. The lowest BCUT2D eigenvalue weighted by Gasteiger charge is -2.20. The van der Waals surface area contributed by atoms with E-state index < -0.39 is 31.3 Å². The van der Waals surface area contributed by atoms with E-state index in [2.05, 4.69) is 15.5 Å². The molecule has 0 bridgehead atoms. The van der Waals surface area contributed by atoms with Crippen LogP contribution in [0, 0.1) is 0 Å². The fraction of sp³-hybridized carbons (Fsp3) is 0.391. The van der Waals surface area contributed by atoms with E-state index in [1.807, 2.05) is 0 Å². The van der Waals surface area contributed by atoms with E-state index in [0.717, 1.165) is 5.56 Å². The number of halogens is 1. The number of nitrogens with zero attached hydrogens (tertiary/aromatic N) is 3. The molecule has 1 fully saturated rings. The molecule has 9 nitrogen and oxygen atoms in total. The van der Waals surface area contributed by atoms with E-state index in [1.165, 1.54) is 23.9 Å². The number of benzene rings is 1. The Morgan fingerprint density at radius 2 is 1.94 bits per heavy atom. The molecule has 11 heteroatoms. The number of aryl methyl sites for hydroxylation is 1. The quantitative estimate of drug-likeness (QED) is 0.500. The molecule has 0 radical (unpaired) electrons. The zero-order chi connectivity index (χ0) is 24.7. The summed E-state index contributed by atoms with van der Waals surface area (Å²) in [6, 6.07) is 8.44. The van der Waals surface area contributed by atoms with Crippen LogP contribution in [0.1, 0.15) is 42.6 Å². The maximum Gasteiger partial charge on any atom is 0.263 e. The first-order valence-corrected chi connectivity index (χ1v) is 12.7. The molecule has 0 atom stereocenters. The third-order valence-electron chi connectivity index (χ3n) is 6.11. The molecule has 1 amide bonds. The zero-order valence-corrected chi connectivity index (χ0v) is 20.6. The number of carbonyl (C=O) groups is 1. The number of rotatable bonds is 8. The minimum Gasteiger partial charge on any atom is -0.473 e. The van der Waals surface area contributed by atoms with Crippen LogP contribution in [0.15, 0.2) is 41.3 Å². The van der Waals surface area contributed by atoms with Crippen LogP contribution in [0.4, 0.5) is 0 Å². The van der Waals surface area contributed by atoms with Crippen molar-refractivity contribution in [2.24, 2.45) is 7.05 Å². The molecule has 2 heterocycles. The van der Waals surface area contributed by atoms with Gasteiger partial charge in [0, 0.05) is 24.0 Å². The van der Waals surface area contributed by atoms with Gasteiger partial charge in [0.15, 0.2) is 9.84 Å². The van der Waals surface area contributed by atoms with E-state index in [0.29, 0.717) is 28.8 Å². The number of sulfone groups is 1. The standard InChI is InChI=1S/C23H25ClN4O5S/c1-14(2)34(31,32)23(8-9-23)13-33-21-19-16(12-26-27-21)10-18(22(30)28(19)3)20(29)25-11-15-4-6-17(24)7-5-15/h4-7,10,12,14H,8-9,11,13H2,1-3H3,(H,25,29). The van der Waals surface area contributed by atoms with Crippen molar-refractivity contribution in [3.63, 3.8) is 0 Å². The second-order valence-corrected chi connectivity index (χ2v) is 12.1. The highest BCUT2D eigenvalue weighted by atomic mass is 35.5. The van der Waals surface area contributed by atoms with E-state index in [4.69, 9.17) is 16.3 Å². The van der Waals surface area contributed by atoms with Gasteiger partial charge in [0.2, 0.25) is 0 Å². The Morgan fingerprint density at radius 1 is 1.26 bits per heavy atom. The summed E-state index contributed by atoms with van der Waals surface area (Å²) in [4.78, 5) is 25.7. The Kier molecular flexibility index (Phi) is 6.39. The largest absolute Gasteiger partial charge is 0.473 e. The average molecular weight is 505 g/mol. The Bertz CT molecular complexity index is 1410. The maximum atomic E-state index is 13.0. The molecule has 4 rings (SSSR count). The van der Waals surface area contributed by atoms with Crippen LogP contribution >= 0.6 is 11.6 Å². The highest BCUT2D eigenvalue weighted by Crippen LogP contribution is 2.46. The number of pyridine rings is 1. The summed E-state index contributed by atoms with van der Waals surface area (Å²) in [5, 5.41) is 11.2. The molecule has 1 saturated carbocycles. The molecular weight excluding hydrogens is 480 g/mol. The highest BCUT2D eigenvalue weighted by molar-refractivity contribution is 7.93. The summed E-state index contributed by atoms with van der Waals surface area (Å²) in [5.74, 6) is -0.479. The minimum atomic E-state index is -3.36. The Labute approximate surface area is 202 Å². The van der Waals surface area contributed by atoms with Gasteiger partial charge in [0.1, 0.15) is 22.4 Å². The lowest BCUT2D eigenvalue weighted by Crippen LogP contribution is -2.36. The van der Waals surface area contributed by atoms with E-state index in [1.54, 1.807) is 38.1 Å². The van der Waals surface area contributed by atoms with Crippen LogP contribution in [0.3, 0.4) is 0 Å². The molecule has 0 aliphatic heterocycles. The number of carbonyl (C=O) groups excluding carboxylic acids is 1. The smallest absolute Gasteiger partial charge is 0.263 e. The molecular formula is C23H25ClN4O5S. The number of amides is 1. The zero-order valence-electron chi connectivity index (χ0n) is 19.0. The van der Waals surface area contributed by atoms with Crippen molar-refractivity contribution in [1.29, 1.82) is 0 Å². The van der Waals surface area contributed by atoms with Gasteiger partial charge in [0.05, 0.1) is 11.4 Å². The monoisotopic (exact) mass is 504 g/mol. The molecule has 1 N–H and O–H groups in total. The van der Waals surface area contributed by atoms with Gasteiger partial charge in [-0.05, 0) is 50.5 Å². The Balaban J connectivity index is 1.59. The number of ether oxygens (including phenoxy) is 1. The van der Waals surface area contributed by atoms with Crippen LogP contribution in [0.25, 0.3) is 10.9 Å². The van der Waals surface area contributed by atoms with Gasteiger partial charge in [-0.15, -0.1) is 5.10 Å². The molecule has 180 valence electrons. The van der Waals surface area contributed by atoms with Crippen molar-refractivity contribution in [1.82, 2.24) is 20.1 Å². The first-order valence-electron chi connectivity index (χ1n) is 10.8. The van der Waals surface area contributed by atoms with Gasteiger partial charge in [-0.1, -0.05) is 23.7 Å². The van der Waals surface area contributed by atoms with Gasteiger partial charge < -0.3 is 14.6 Å². The number of aromatic nitrogens is 3. The van der Waals surface area contributed by atoms with Crippen LogP contribution in [-0.4, -0.2) is 45.7 Å². The fourth-order valence-electron chi connectivity index (χ4n) is 3.81. The lowest BCUT2D eigenvalue weighted by molar-refractivity contribution is 0.0949. The fourth-order valence-corrected chi connectivity index (χ4v) is 5.83. The number of hydrogen-bond acceptors (Lipinski definition) is 7. The van der Waals surface area contributed by atoms with Gasteiger partial charge >= 0.3 is 0 Å². The van der Waals surface area contributed by atoms with Gasteiger partial charge in [0.25, 0.3) is 17.3 Å². The topological polar surface area (TPSA) is 120 Å². The van der Waals surface area contributed by atoms with Crippen LogP contribution < -0.4 is 15.6 Å². The third-order valence-corrected chi connectivity index (χ3v) is 9.33. The molecule has 1 aliphatic carbocycles. The second kappa shape index (κ2) is 8.99. The normalized spacial score (nSPS) is 14.9. The van der Waals surface area contributed by atoms with E-state index in [9.17, 15) is 18.0 Å². The summed E-state index contributed by atoms with van der Waals surface area (Å²) in [6.07, 6.45) is 2.46. The van der Waals surface area contributed by atoms with Gasteiger partial charge in [-0.25, -0.2) is 8.42 Å². The predicted octanol–water partition coefficient (Wildman–Crippen LogP) is 2.65. The SMILES string of the molecule is CC(C)S(=O)(=O)C1(COc2nncc3cc(C(=O)NCc4ccc(Cl)cc4)c(=O)n(C)c23)CC1. The molecule has 1 aromatic carbocycles. The number of hydrogen-bond donors (Lipinski definition) is 1. The summed E-state index contributed by atoms with van der Waals surface area (Å²) < 4.78 is 31.5. The average Bonchev–Trinajstić information content (AvgIpc) is 3.61. The van der Waals surface area contributed by atoms with Crippen molar-refractivity contribution >= 4 is 38.2 Å². The van der Waals surface area contributed by atoms with Gasteiger partial charge in [-0.2, -0.15) is 5.10 Å². The van der Waals surface area contributed by atoms with Crippen molar-refractivity contribution < 1.29 is 17.9 Å². The van der Waals surface area contributed by atoms with Crippen LogP contribution in [0.5, 0.6) is 5.88 Å². The Morgan fingerprint density at radius 3 is 2.56 bits per heavy atom. The second-order valence-electron chi connectivity index (χ2n) is 8.75. The van der Waals surface area contributed by atoms with Crippen LogP contribution in [0.2, 0.25) is 5.02 Å².